The van der Waals surface area contributed by atoms with E-state index in [0.717, 1.165) is 23.3 Å². The summed E-state index contributed by atoms with van der Waals surface area (Å²) >= 11 is 0. The van der Waals surface area contributed by atoms with E-state index in [1.807, 2.05) is 49.4 Å². The summed E-state index contributed by atoms with van der Waals surface area (Å²) in [4.78, 5) is 0. The summed E-state index contributed by atoms with van der Waals surface area (Å²) in [7, 11) is 0. The highest BCUT2D eigenvalue weighted by molar-refractivity contribution is 5.73. The normalized spacial score (nSPS) is 24.4. The van der Waals surface area contributed by atoms with Gasteiger partial charge in [0.05, 0.1) is 18.2 Å². The molecule has 0 bridgehead atoms. The van der Waals surface area contributed by atoms with Crippen LogP contribution in [0.15, 0.2) is 48.2 Å². The predicted molar refractivity (Wildman–Crippen MR) is 79.3 cm³/mol. The summed E-state index contributed by atoms with van der Waals surface area (Å²) in [6.07, 6.45) is 5.08. The molecule has 1 aromatic rings. The first-order chi connectivity index (χ1) is 9.13. The third-order valence-corrected chi connectivity index (χ3v) is 3.52. The zero-order valence-corrected chi connectivity index (χ0v) is 11.5. The monoisotopic (exact) mass is 258 g/mol. The highest BCUT2D eigenvalue weighted by atomic mass is 16.5. The molecule has 1 aliphatic rings. The van der Waals surface area contributed by atoms with E-state index >= 15 is 0 Å². The van der Waals surface area contributed by atoms with E-state index in [-0.39, 0.29) is 18.2 Å². The largest absolute Gasteiger partial charge is 0.493 e. The van der Waals surface area contributed by atoms with Crippen LogP contribution in [0.4, 0.5) is 0 Å². The summed E-state index contributed by atoms with van der Waals surface area (Å²) in [5, 5.41) is 0. The van der Waals surface area contributed by atoms with Crippen molar-refractivity contribution < 1.29 is 4.74 Å². The lowest BCUT2D eigenvalue weighted by atomic mass is 9.89. The van der Waals surface area contributed by atoms with Crippen molar-refractivity contribution in [2.24, 2.45) is 11.5 Å². The third-order valence-electron chi connectivity index (χ3n) is 3.52. The zero-order valence-electron chi connectivity index (χ0n) is 11.5. The maximum absolute atomic E-state index is 6.25. The Kier molecular flexibility index (Phi) is 4.40. The Labute approximate surface area is 114 Å². The molecule has 0 amide bonds. The van der Waals surface area contributed by atoms with Gasteiger partial charge in [-0.2, -0.15) is 0 Å². The fourth-order valence-electron chi connectivity index (χ4n) is 2.12. The molecule has 3 nitrogen and oxygen atoms in total. The fourth-order valence-corrected chi connectivity index (χ4v) is 2.12. The first kappa shape index (κ1) is 13.8. The molecule has 0 spiro atoms. The minimum atomic E-state index is -0.283. The number of allylic oxidation sites excluding steroid dienone is 2. The number of hydrogen-bond acceptors (Lipinski definition) is 3. The Morgan fingerprint density at radius 2 is 1.79 bits per heavy atom. The molecule has 0 aromatic heterocycles. The van der Waals surface area contributed by atoms with Crippen LogP contribution in [0.3, 0.4) is 0 Å². The van der Waals surface area contributed by atoms with Crippen molar-refractivity contribution in [1.29, 1.82) is 0 Å². The number of hydrogen-bond donors (Lipinski definition) is 2. The molecule has 3 heteroatoms. The van der Waals surface area contributed by atoms with Crippen molar-refractivity contribution in [2.75, 3.05) is 0 Å². The number of benzene rings is 1. The maximum atomic E-state index is 6.25. The van der Waals surface area contributed by atoms with Crippen LogP contribution in [-0.2, 0) is 4.74 Å². The quantitative estimate of drug-likeness (QED) is 0.872. The lowest BCUT2D eigenvalue weighted by molar-refractivity contribution is 0.113. The lowest BCUT2D eigenvalue weighted by Gasteiger charge is -2.30. The maximum Gasteiger partial charge on any atom is 0.115 e. The molecule has 1 aromatic carbocycles. The van der Waals surface area contributed by atoms with E-state index in [1.54, 1.807) is 0 Å². The smallest absolute Gasteiger partial charge is 0.115 e. The molecule has 0 aliphatic heterocycles. The topological polar surface area (TPSA) is 61.3 Å². The minimum Gasteiger partial charge on any atom is -0.493 e. The number of rotatable bonds is 4. The van der Waals surface area contributed by atoms with Crippen molar-refractivity contribution in [3.05, 3.63) is 53.8 Å². The second-order valence-electron chi connectivity index (χ2n) is 4.95. The van der Waals surface area contributed by atoms with Crippen LogP contribution in [0.5, 0.6) is 0 Å². The van der Waals surface area contributed by atoms with Crippen molar-refractivity contribution in [3.8, 4) is 0 Å². The van der Waals surface area contributed by atoms with Gasteiger partial charge in [0.15, 0.2) is 0 Å². The third kappa shape index (κ3) is 3.06. The van der Waals surface area contributed by atoms with Crippen molar-refractivity contribution >= 4 is 5.57 Å². The van der Waals surface area contributed by atoms with Gasteiger partial charge in [-0.1, -0.05) is 43.3 Å². The average Bonchev–Trinajstić information content (AvgIpc) is 2.45. The molecule has 4 N–H and O–H groups in total. The van der Waals surface area contributed by atoms with E-state index in [1.165, 1.54) is 0 Å². The highest BCUT2D eigenvalue weighted by Crippen LogP contribution is 2.26. The van der Waals surface area contributed by atoms with Gasteiger partial charge in [0.25, 0.3) is 0 Å². The summed E-state index contributed by atoms with van der Waals surface area (Å²) in [5.74, 6) is 0.779. The molecule has 19 heavy (non-hydrogen) atoms. The molecule has 2 rings (SSSR count). The molecule has 3 unspecified atom stereocenters. The second kappa shape index (κ2) is 6.04. The minimum absolute atomic E-state index is 0.163. The van der Waals surface area contributed by atoms with Crippen molar-refractivity contribution in [3.63, 3.8) is 0 Å². The van der Waals surface area contributed by atoms with Crippen LogP contribution in [-0.4, -0.2) is 18.2 Å². The van der Waals surface area contributed by atoms with Crippen molar-refractivity contribution in [2.45, 2.75) is 38.5 Å². The summed E-state index contributed by atoms with van der Waals surface area (Å²) in [6.45, 7) is 4.13. The van der Waals surface area contributed by atoms with Crippen LogP contribution >= 0.6 is 0 Å². The van der Waals surface area contributed by atoms with Gasteiger partial charge in [-0.3, -0.25) is 0 Å². The van der Waals surface area contributed by atoms with Crippen LogP contribution in [0, 0.1) is 0 Å². The molecule has 0 heterocycles. The predicted octanol–water partition coefficient (Wildman–Crippen LogP) is 2.44. The van der Waals surface area contributed by atoms with Crippen LogP contribution < -0.4 is 11.5 Å². The molecular formula is C16H22N2O. The van der Waals surface area contributed by atoms with E-state index in [2.05, 4.69) is 6.92 Å². The van der Waals surface area contributed by atoms with E-state index in [0.29, 0.717) is 0 Å². The molecule has 102 valence electrons. The number of nitrogens with two attached hydrogens (primary N) is 2. The van der Waals surface area contributed by atoms with Gasteiger partial charge in [0.2, 0.25) is 0 Å². The van der Waals surface area contributed by atoms with Gasteiger partial charge in [0, 0.05) is 0 Å². The Hall–Kier alpha value is -1.58. The number of ether oxygens (including phenoxy) is 1. The van der Waals surface area contributed by atoms with Crippen LogP contribution in [0.25, 0.3) is 5.57 Å². The first-order valence-electron chi connectivity index (χ1n) is 6.78. The first-order valence-corrected chi connectivity index (χ1v) is 6.78. The molecule has 0 saturated heterocycles. The molecule has 0 radical (unpaired) electrons. The average molecular weight is 258 g/mol. The standard InChI is InChI=1S/C16H22N2O/c1-3-11(2)19-14-10-9-13(15(17)16(14)18)12-7-5-4-6-8-12/h4-11,15-16H,3,17-18H2,1-2H3. The SMILES string of the molecule is CCC(C)OC1=CC=C(c2ccccc2)C(N)C1N. The summed E-state index contributed by atoms with van der Waals surface area (Å²) in [6, 6.07) is 9.58. The summed E-state index contributed by atoms with van der Waals surface area (Å²) < 4.78 is 5.82. The Balaban J connectivity index is 2.24. The zero-order chi connectivity index (χ0) is 13.8. The summed E-state index contributed by atoms with van der Waals surface area (Å²) in [5.41, 5.74) is 14.6. The Morgan fingerprint density at radius 3 is 2.42 bits per heavy atom. The van der Waals surface area contributed by atoms with Crippen LogP contribution in [0.1, 0.15) is 25.8 Å². The lowest BCUT2D eigenvalue weighted by Crippen LogP contribution is -2.45. The molecule has 0 fully saturated rings. The van der Waals surface area contributed by atoms with E-state index in [9.17, 15) is 0 Å². The van der Waals surface area contributed by atoms with Crippen LogP contribution in [0.2, 0.25) is 0 Å². The van der Waals surface area contributed by atoms with Gasteiger partial charge in [0.1, 0.15) is 5.76 Å². The van der Waals surface area contributed by atoms with E-state index in [4.69, 9.17) is 16.2 Å². The van der Waals surface area contributed by atoms with Crippen molar-refractivity contribution in [1.82, 2.24) is 0 Å². The second-order valence-corrected chi connectivity index (χ2v) is 4.95. The van der Waals surface area contributed by atoms with Gasteiger partial charge >= 0.3 is 0 Å². The molecular weight excluding hydrogens is 236 g/mol. The van der Waals surface area contributed by atoms with Gasteiger partial charge in [-0.05, 0) is 30.6 Å². The molecule has 3 atom stereocenters. The Bertz CT molecular complexity index is 479. The molecule has 0 saturated carbocycles. The van der Waals surface area contributed by atoms with Gasteiger partial charge in [-0.25, -0.2) is 0 Å². The molecule has 1 aliphatic carbocycles. The van der Waals surface area contributed by atoms with Gasteiger partial charge < -0.3 is 16.2 Å². The fraction of sp³-hybridized carbons (Fsp3) is 0.375. The Morgan fingerprint density at radius 1 is 1.11 bits per heavy atom. The highest BCUT2D eigenvalue weighted by Gasteiger charge is 2.27. The van der Waals surface area contributed by atoms with Gasteiger partial charge in [-0.15, -0.1) is 0 Å². The van der Waals surface area contributed by atoms with E-state index < -0.39 is 0 Å².